The molecule has 48 valence electrons. The summed E-state index contributed by atoms with van der Waals surface area (Å²) in [5.74, 6) is 2.22. The molecule has 9 heavy (non-hydrogen) atoms. The maximum atomic E-state index is 3.47. The SMILES string of the molecule is C[Se]c1ccccc1Br. The van der Waals surface area contributed by atoms with E-state index >= 15 is 0 Å². The van der Waals surface area contributed by atoms with E-state index < -0.39 is 0 Å². The molecule has 1 aromatic rings. The van der Waals surface area contributed by atoms with E-state index in [2.05, 4.69) is 40.0 Å². The fraction of sp³-hybridized carbons (Fsp3) is 0.143. The summed E-state index contributed by atoms with van der Waals surface area (Å²) < 4.78 is 2.68. The van der Waals surface area contributed by atoms with Gasteiger partial charge < -0.3 is 0 Å². The molecule has 0 spiro atoms. The van der Waals surface area contributed by atoms with Crippen LogP contribution in [0.1, 0.15) is 0 Å². The van der Waals surface area contributed by atoms with Crippen LogP contribution in [0.4, 0.5) is 0 Å². The minimum atomic E-state index is 0.611. The standard InChI is InChI=1S/C7H7BrSe/c1-9-7-5-3-2-4-6(7)8/h2-5H,1H3. The first-order valence-electron chi connectivity index (χ1n) is 2.63. The molecule has 0 amide bonds. The first-order valence-corrected chi connectivity index (χ1v) is 5.99. The topological polar surface area (TPSA) is 0 Å². The normalized spacial score (nSPS) is 9.56. The molecule has 0 bridgehead atoms. The van der Waals surface area contributed by atoms with E-state index in [0.29, 0.717) is 15.0 Å². The summed E-state index contributed by atoms with van der Waals surface area (Å²) >= 11 is 4.08. The predicted octanol–water partition coefficient (Wildman–Crippen LogP) is 1.83. The maximum absolute atomic E-state index is 3.47. The Balaban J connectivity index is 3.01. The van der Waals surface area contributed by atoms with E-state index in [9.17, 15) is 0 Å². The molecule has 1 rings (SSSR count). The summed E-state index contributed by atoms with van der Waals surface area (Å²) in [7, 11) is 0. The second-order valence-corrected chi connectivity index (χ2v) is 4.27. The Bertz CT molecular complexity index is 198. The Morgan fingerprint density at radius 1 is 1.33 bits per heavy atom. The van der Waals surface area contributed by atoms with Crippen LogP contribution in [0.15, 0.2) is 28.7 Å². The van der Waals surface area contributed by atoms with E-state index in [1.54, 1.807) is 0 Å². The van der Waals surface area contributed by atoms with Gasteiger partial charge in [-0.15, -0.1) is 0 Å². The van der Waals surface area contributed by atoms with Crippen molar-refractivity contribution in [3.05, 3.63) is 28.7 Å². The van der Waals surface area contributed by atoms with Gasteiger partial charge in [-0.2, -0.15) is 0 Å². The Kier molecular flexibility index (Phi) is 2.77. The molecule has 0 saturated carbocycles. The fourth-order valence-corrected chi connectivity index (χ4v) is 2.74. The van der Waals surface area contributed by atoms with E-state index in [1.165, 1.54) is 8.93 Å². The van der Waals surface area contributed by atoms with Crippen LogP contribution < -0.4 is 4.46 Å². The first kappa shape index (κ1) is 7.33. The molecule has 0 saturated heterocycles. The van der Waals surface area contributed by atoms with Gasteiger partial charge in [0, 0.05) is 0 Å². The number of hydrogen-bond acceptors (Lipinski definition) is 0. The van der Waals surface area contributed by atoms with Crippen LogP contribution >= 0.6 is 15.9 Å². The summed E-state index contributed by atoms with van der Waals surface area (Å²) in [6, 6.07) is 8.36. The first-order chi connectivity index (χ1) is 4.34. The molecule has 0 radical (unpaired) electrons. The molecule has 0 aromatic heterocycles. The van der Waals surface area contributed by atoms with Gasteiger partial charge >= 0.3 is 69.9 Å². The third-order valence-electron chi connectivity index (χ3n) is 1.06. The van der Waals surface area contributed by atoms with E-state index in [4.69, 9.17) is 0 Å². The zero-order chi connectivity index (χ0) is 6.69. The van der Waals surface area contributed by atoms with Crippen molar-refractivity contribution >= 4 is 35.3 Å². The van der Waals surface area contributed by atoms with Crippen molar-refractivity contribution in [3.63, 3.8) is 0 Å². The summed E-state index contributed by atoms with van der Waals surface area (Å²) in [5.41, 5.74) is 0. The Morgan fingerprint density at radius 2 is 2.00 bits per heavy atom. The molecule has 0 atom stereocenters. The summed E-state index contributed by atoms with van der Waals surface area (Å²) in [6.45, 7) is 0. The zero-order valence-corrected chi connectivity index (χ0v) is 8.39. The second-order valence-electron chi connectivity index (χ2n) is 1.63. The molecule has 0 aliphatic rings. The number of halogens is 1. The monoisotopic (exact) mass is 250 g/mol. The molecule has 0 aliphatic heterocycles. The summed E-state index contributed by atoms with van der Waals surface area (Å²) in [6.07, 6.45) is 0. The van der Waals surface area contributed by atoms with Crippen molar-refractivity contribution in [1.29, 1.82) is 0 Å². The van der Waals surface area contributed by atoms with E-state index in [0.717, 1.165) is 0 Å². The van der Waals surface area contributed by atoms with Gasteiger partial charge in [0.2, 0.25) is 0 Å². The molecular weight excluding hydrogens is 243 g/mol. The molecule has 0 unspecified atom stereocenters. The van der Waals surface area contributed by atoms with Gasteiger partial charge in [0.15, 0.2) is 0 Å². The molecule has 0 heterocycles. The van der Waals surface area contributed by atoms with Crippen LogP contribution in [0.25, 0.3) is 0 Å². The van der Waals surface area contributed by atoms with Crippen molar-refractivity contribution in [1.82, 2.24) is 0 Å². The average Bonchev–Trinajstić information content (AvgIpc) is 1.89. The quantitative estimate of drug-likeness (QED) is 0.667. The molecule has 0 aliphatic carbocycles. The number of benzene rings is 1. The molecule has 1 aromatic carbocycles. The van der Waals surface area contributed by atoms with E-state index in [-0.39, 0.29) is 0 Å². The van der Waals surface area contributed by atoms with Crippen LogP contribution in [0.3, 0.4) is 0 Å². The second kappa shape index (κ2) is 3.40. The van der Waals surface area contributed by atoms with Gasteiger partial charge in [0.05, 0.1) is 0 Å². The van der Waals surface area contributed by atoms with Crippen LogP contribution in [0.2, 0.25) is 5.82 Å². The molecule has 0 N–H and O–H groups in total. The van der Waals surface area contributed by atoms with Crippen molar-refractivity contribution < 1.29 is 0 Å². The number of rotatable bonds is 1. The third-order valence-corrected chi connectivity index (χ3v) is 4.01. The van der Waals surface area contributed by atoms with Gasteiger partial charge in [-0.25, -0.2) is 0 Å². The average molecular weight is 250 g/mol. The predicted molar refractivity (Wildman–Crippen MR) is 45.4 cm³/mol. The molecule has 0 fully saturated rings. The van der Waals surface area contributed by atoms with Crippen LogP contribution in [-0.4, -0.2) is 15.0 Å². The summed E-state index contributed by atoms with van der Waals surface area (Å²) in [5, 5.41) is 0. The van der Waals surface area contributed by atoms with Crippen molar-refractivity contribution in [2.75, 3.05) is 0 Å². The fourth-order valence-electron chi connectivity index (χ4n) is 0.610. The van der Waals surface area contributed by atoms with Crippen molar-refractivity contribution in [2.24, 2.45) is 0 Å². The van der Waals surface area contributed by atoms with Gasteiger partial charge in [-0.3, -0.25) is 0 Å². The van der Waals surface area contributed by atoms with Crippen molar-refractivity contribution in [3.8, 4) is 0 Å². The minimum absolute atomic E-state index is 0.611. The van der Waals surface area contributed by atoms with Gasteiger partial charge in [-0.1, -0.05) is 0 Å². The summed E-state index contributed by atoms with van der Waals surface area (Å²) in [4.78, 5) is 0. The molecule has 2 heteroatoms. The Labute approximate surface area is 69.9 Å². The van der Waals surface area contributed by atoms with Gasteiger partial charge in [0.1, 0.15) is 0 Å². The third kappa shape index (κ3) is 1.82. The molecular formula is C7H7BrSe. The zero-order valence-electron chi connectivity index (χ0n) is 5.10. The Hall–Kier alpha value is 0.219. The van der Waals surface area contributed by atoms with Crippen LogP contribution in [0, 0.1) is 0 Å². The van der Waals surface area contributed by atoms with E-state index in [1.807, 2.05) is 6.07 Å². The van der Waals surface area contributed by atoms with Crippen LogP contribution in [-0.2, 0) is 0 Å². The van der Waals surface area contributed by atoms with Crippen LogP contribution in [0.5, 0.6) is 0 Å². The molecule has 0 nitrogen and oxygen atoms in total. The van der Waals surface area contributed by atoms with Gasteiger partial charge in [0.25, 0.3) is 0 Å². The van der Waals surface area contributed by atoms with Gasteiger partial charge in [-0.05, 0) is 0 Å². The number of hydrogen-bond donors (Lipinski definition) is 0. The Morgan fingerprint density at radius 3 is 2.44 bits per heavy atom. The van der Waals surface area contributed by atoms with Crippen molar-refractivity contribution in [2.45, 2.75) is 5.82 Å².